The number of piperidine rings is 1. The Kier molecular flexibility index (Phi) is 8.96. The van der Waals surface area contributed by atoms with Crippen molar-refractivity contribution >= 4 is 11.8 Å². The molecule has 3 aliphatic rings. The van der Waals surface area contributed by atoms with E-state index in [4.69, 9.17) is 23.7 Å². The molecule has 3 aliphatic heterocycles. The Morgan fingerprint density at radius 1 is 1.13 bits per heavy atom. The van der Waals surface area contributed by atoms with Gasteiger partial charge in [0.15, 0.2) is 12.1 Å². The second-order valence-electron chi connectivity index (χ2n) is 10.4. The van der Waals surface area contributed by atoms with Crippen LogP contribution in [0, 0.1) is 5.92 Å². The van der Waals surface area contributed by atoms with E-state index >= 15 is 0 Å². The molecular formula is C30H38N2O7. The topological polar surface area (TPSA) is 98.7 Å². The largest absolute Gasteiger partial charge is 0.445 e. The van der Waals surface area contributed by atoms with Gasteiger partial charge in [-0.15, -0.1) is 0 Å². The summed E-state index contributed by atoms with van der Waals surface area (Å²) in [5.74, 6) is -0.343. The fourth-order valence-corrected chi connectivity index (χ4v) is 5.50. The third-order valence-corrected chi connectivity index (χ3v) is 7.73. The Labute approximate surface area is 229 Å². The van der Waals surface area contributed by atoms with Crippen molar-refractivity contribution in [1.29, 1.82) is 0 Å². The van der Waals surface area contributed by atoms with Crippen LogP contribution in [0.2, 0.25) is 0 Å². The van der Waals surface area contributed by atoms with Gasteiger partial charge < -0.3 is 33.7 Å². The number of carbonyl (C=O) groups is 1. The van der Waals surface area contributed by atoms with Crippen LogP contribution in [0.15, 0.2) is 61.2 Å². The average Bonchev–Trinajstić information content (AvgIpc) is 3.42. The number of ether oxygens (including phenoxy) is 5. The number of hydrogen-bond acceptors (Lipinski definition) is 8. The van der Waals surface area contributed by atoms with Crippen LogP contribution < -0.4 is 5.32 Å². The maximum Gasteiger partial charge on any atom is 0.411 e. The highest BCUT2D eigenvalue weighted by molar-refractivity contribution is 5.84. The summed E-state index contributed by atoms with van der Waals surface area (Å²) in [6.45, 7) is 9.69. The van der Waals surface area contributed by atoms with Crippen LogP contribution in [0.4, 0.5) is 10.5 Å². The summed E-state index contributed by atoms with van der Waals surface area (Å²) < 4.78 is 30.0. The molecule has 0 saturated carbocycles. The third kappa shape index (κ3) is 6.69. The second kappa shape index (κ2) is 12.6. The number of rotatable bonds is 8. The molecule has 4 atom stereocenters. The van der Waals surface area contributed by atoms with Crippen molar-refractivity contribution in [2.45, 2.75) is 50.7 Å². The lowest BCUT2D eigenvalue weighted by Crippen LogP contribution is -2.50. The van der Waals surface area contributed by atoms with Crippen LogP contribution in [-0.4, -0.2) is 67.4 Å². The van der Waals surface area contributed by atoms with E-state index in [1.54, 1.807) is 6.07 Å². The monoisotopic (exact) mass is 538 g/mol. The van der Waals surface area contributed by atoms with Crippen molar-refractivity contribution in [2.24, 2.45) is 5.92 Å². The summed E-state index contributed by atoms with van der Waals surface area (Å²) in [4.78, 5) is 14.5. The first-order valence-electron chi connectivity index (χ1n) is 13.6. The van der Waals surface area contributed by atoms with Gasteiger partial charge in [0.1, 0.15) is 6.61 Å². The standard InChI is InChI=1S/C30H38N2O7/c1-3-15-35-29(34)31-25-6-4-5-24(18-25)28-38-26(19-32-13-11-30(12-14-32)36-16-17-37-30)21(2)27(39-28)23-9-7-22(20-33)8-10-23/h3-10,18,21,26-28,33H,1,11-17,19-20H2,2H3,(H,31,34)/t21-,26+,27+,28+/m1/s1. The molecular weight excluding hydrogens is 500 g/mol. The quantitative estimate of drug-likeness (QED) is 0.473. The molecule has 0 aliphatic carbocycles. The van der Waals surface area contributed by atoms with Crippen LogP contribution in [-0.2, 0) is 30.3 Å². The number of hydrogen-bond donors (Lipinski definition) is 2. The molecule has 9 heteroatoms. The van der Waals surface area contributed by atoms with Crippen LogP contribution >= 0.6 is 0 Å². The van der Waals surface area contributed by atoms with Crippen LogP contribution in [0.5, 0.6) is 0 Å². The first-order chi connectivity index (χ1) is 19.0. The number of nitrogens with zero attached hydrogens (tertiary/aromatic N) is 1. The lowest BCUT2D eigenvalue weighted by Gasteiger charge is -2.44. The fourth-order valence-electron chi connectivity index (χ4n) is 5.50. The van der Waals surface area contributed by atoms with Gasteiger partial charge in [-0.05, 0) is 23.3 Å². The Balaban J connectivity index is 1.33. The molecule has 0 radical (unpaired) electrons. The summed E-state index contributed by atoms with van der Waals surface area (Å²) in [6, 6.07) is 15.3. The van der Waals surface area contributed by atoms with E-state index in [1.165, 1.54) is 6.08 Å². The number of anilines is 1. The number of carbonyl (C=O) groups excluding carboxylic acids is 1. The molecule has 3 heterocycles. The number of amides is 1. The third-order valence-electron chi connectivity index (χ3n) is 7.73. The maximum absolute atomic E-state index is 12.1. The van der Waals surface area contributed by atoms with E-state index in [1.807, 2.05) is 42.5 Å². The Bertz CT molecular complexity index is 1110. The maximum atomic E-state index is 12.1. The van der Waals surface area contributed by atoms with Gasteiger partial charge in [-0.3, -0.25) is 5.32 Å². The number of benzene rings is 2. The first kappa shape index (κ1) is 27.8. The van der Waals surface area contributed by atoms with Gasteiger partial charge in [-0.1, -0.05) is 56.0 Å². The van der Waals surface area contributed by atoms with Crippen LogP contribution in [0.25, 0.3) is 0 Å². The smallest absolute Gasteiger partial charge is 0.411 e. The molecule has 0 aromatic heterocycles. The van der Waals surface area contributed by atoms with Crippen molar-refractivity contribution in [2.75, 3.05) is 44.8 Å². The Morgan fingerprint density at radius 3 is 2.56 bits per heavy atom. The molecule has 0 bridgehead atoms. The normalized spacial score (nSPS) is 26.8. The zero-order valence-corrected chi connectivity index (χ0v) is 22.4. The van der Waals surface area contributed by atoms with Gasteiger partial charge in [0.05, 0.1) is 32.0 Å². The molecule has 1 amide bonds. The van der Waals surface area contributed by atoms with E-state index < -0.39 is 18.2 Å². The summed E-state index contributed by atoms with van der Waals surface area (Å²) in [5, 5.41) is 12.2. The van der Waals surface area contributed by atoms with Gasteiger partial charge in [-0.25, -0.2) is 4.79 Å². The predicted octanol–water partition coefficient (Wildman–Crippen LogP) is 4.54. The highest BCUT2D eigenvalue weighted by Gasteiger charge is 2.43. The van der Waals surface area contributed by atoms with Crippen molar-refractivity contribution in [3.63, 3.8) is 0 Å². The van der Waals surface area contributed by atoms with Crippen LogP contribution in [0.1, 0.15) is 48.8 Å². The van der Waals surface area contributed by atoms with E-state index in [2.05, 4.69) is 23.7 Å². The van der Waals surface area contributed by atoms with E-state index in [0.29, 0.717) is 18.9 Å². The molecule has 1 spiro atoms. The zero-order valence-electron chi connectivity index (χ0n) is 22.4. The molecule has 2 aromatic carbocycles. The van der Waals surface area contributed by atoms with Gasteiger partial charge in [0, 0.05) is 49.6 Å². The molecule has 2 N–H and O–H groups in total. The molecule has 5 rings (SSSR count). The number of aliphatic hydroxyl groups is 1. The highest BCUT2D eigenvalue weighted by Crippen LogP contribution is 2.42. The van der Waals surface area contributed by atoms with Crippen molar-refractivity contribution in [3.05, 3.63) is 77.9 Å². The lowest BCUT2D eigenvalue weighted by atomic mass is 9.89. The first-order valence-corrected chi connectivity index (χ1v) is 13.6. The van der Waals surface area contributed by atoms with Crippen molar-refractivity contribution in [3.8, 4) is 0 Å². The fraction of sp³-hybridized carbons (Fsp3) is 0.500. The molecule has 3 saturated heterocycles. The molecule has 9 nitrogen and oxygen atoms in total. The molecule has 2 aromatic rings. The van der Waals surface area contributed by atoms with Crippen molar-refractivity contribution in [1.82, 2.24) is 4.90 Å². The van der Waals surface area contributed by atoms with Gasteiger partial charge in [-0.2, -0.15) is 0 Å². The highest BCUT2D eigenvalue weighted by atomic mass is 16.7. The molecule has 210 valence electrons. The number of aliphatic hydroxyl groups excluding tert-OH is 1. The van der Waals surface area contributed by atoms with Crippen LogP contribution in [0.3, 0.4) is 0 Å². The van der Waals surface area contributed by atoms with Gasteiger partial charge in [0.2, 0.25) is 0 Å². The predicted molar refractivity (Wildman–Crippen MR) is 145 cm³/mol. The molecule has 39 heavy (non-hydrogen) atoms. The summed E-state index contributed by atoms with van der Waals surface area (Å²) in [5.41, 5.74) is 3.28. The van der Waals surface area contributed by atoms with Gasteiger partial charge >= 0.3 is 6.09 Å². The van der Waals surface area contributed by atoms with E-state index in [-0.39, 0.29) is 31.3 Å². The summed E-state index contributed by atoms with van der Waals surface area (Å²) in [7, 11) is 0. The average molecular weight is 539 g/mol. The van der Waals surface area contributed by atoms with Gasteiger partial charge in [0.25, 0.3) is 0 Å². The summed E-state index contributed by atoms with van der Waals surface area (Å²) in [6.07, 6.45) is 1.71. The molecule has 3 fully saturated rings. The number of likely N-dealkylation sites (tertiary alicyclic amines) is 1. The minimum absolute atomic E-state index is 0.00533. The minimum Gasteiger partial charge on any atom is -0.445 e. The van der Waals surface area contributed by atoms with Crippen molar-refractivity contribution < 1.29 is 33.6 Å². The zero-order chi connectivity index (χ0) is 27.2. The van der Waals surface area contributed by atoms with E-state index in [0.717, 1.165) is 49.2 Å². The Morgan fingerprint density at radius 2 is 1.87 bits per heavy atom. The lowest BCUT2D eigenvalue weighted by molar-refractivity contribution is -0.278. The Hall–Kier alpha value is -2.79. The number of nitrogens with one attached hydrogen (secondary N) is 1. The SMILES string of the molecule is C=CCOC(=O)Nc1cccc([C@H]2O[C@@H](CN3CCC4(CC3)OCCO4)[C@@H](C)[C@@H](c3ccc(CO)cc3)O2)c1. The van der Waals surface area contributed by atoms with E-state index in [9.17, 15) is 9.90 Å². The molecule has 0 unspecified atom stereocenters. The minimum atomic E-state index is -0.628. The second-order valence-corrected chi connectivity index (χ2v) is 10.4. The summed E-state index contributed by atoms with van der Waals surface area (Å²) >= 11 is 0.